The highest BCUT2D eigenvalue weighted by Gasteiger charge is 2.28. The smallest absolute Gasteiger partial charge is 0.422 e. The third-order valence-electron chi connectivity index (χ3n) is 3.51. The molecule has 0 aromatic carbocycles. The van der Waals surface area contributed by atoms with Crippen LogP contribution in [-0.2, 0) is 11.3 Å². The Bertz CT molecular complexity index is 554. The van der Waals surface area contributed by atoms with Crippen molar-refractivity contribution < 1.29 is 27.4 Å². The van der Waals surface area contributed by atoms with Crippen LogP contribution < -0.4 is 10.1 Å². The summed E-state index contributed by atoms with van der Waals surface area (Å²) in [6.07, 6.45) is -2.21. The number of carbonyl (C=O) groups excluding carboxylic acids is 1. The summed E-state index contributed by atoms with van der Waals surface area (Å²) in [5.41, 5.74) is 0.607. The minimum absolute atomic E-state index is 0.0350. The molecular weight excluding hydrogens is 327 g/mol. The first-order valence-corrected chi connectivity index (χ1v) is 7.66. The molecule has 0 spiro atoms. The molecule has 24 heavy (non-hydrogen) atoms. The van der Waals surface area contributed by atoms with Gasteiger partial charge in [0.15, 0.2) is 6.61 Å². The molecule has 1 aliphatic heterocycles. The molecule has 9 heteroatoms. The second kappa shape index (κ2) is 8.18. The van der Waals surface area contributed by atoms with E-state index < -0.39 is 12.8 Å². The van der Waals surface area contributed by atoms with Crippen molar-refractivity contribution in [3.8, 4) is 5.88 Å². The summed E-state index contributed by atoms with van der Waals surface area (Å²) in [5, 5.41) is 2.74. The van der Waals surface area contributed by atoms with E-state index in [1.165, 1.54) is 12.3 Å². The largest absolute Gasteiger partial charge is 0.468 e. The fourth-order valence-electron chi connectivity index (χ4n) is 2.24. The lowest BCUT2D eigenvalue weighted by Crippen LogP contribution is -2.49. The highest BCUT2D eigenvalue weighted by molar-refractivity contribution is 5.74. The summed E-state index contributed by atoms with van der Waals surface area (Å²) < 4.78 is 46.5. The molecule has 134 valence electrons. The standard InChI is InChI=1S/C15H20F3N3O3/c1-2-12-9-21(5-6-23-12)14(22)20-8-11-3-4-19-13(7-11)24-10-15(16,17)18/h3-4,7,12H,2,5-6,8-10H2,1H3,(H,20,22). The zero-order valence-electron chi connectivity index (χ0n) is 13.3. The van der Waals surface area contributed by atoms with Crippen molar-refractivity contribution in [2.24, 2.45) is 0 Å². The zero-order valence-corrected chi connectivity index (χ0v) is 13.3. The number of hydrogen-bond donors (Lipinski definition) is 1. The quantitative estimate of drug-likeness (QED) is 0.888. The molecule has 1 aromatic rings. The number of carbonyl (C=O) groups is 1. The van der Waals surface area contributed by atoms with Gasteiger partial charge in [-0.05, 0) is 18.1 Å². The summed E-state index contributed by atoms with van der Waals surface area (Å²) in [5.74, 6) is -0.128. The number of pyridine rings is 1. The minimum Gasteiger partial charge on any atom is -0.468 e. The Kier molecular flexibility index (Phi) is 6.24. The van der Waals surface area contributed by atoms with Gasteiger partial charge in [-0.1, -0.05) is 6.92 Å². The first-order valence-electron chi connectivity index (χ1n) is 7.66. The Morgan fingerprint density at radius 1 is 1.54 bits per heavy atom. The molecule has 0 saturated carbocycles. The molecule has 1 saturated heterocycles. The van der Waals surface area contributed by atoms with Gasteiger partial charge in [-0.3, -0.25) is 0 Å². The Labute approximate surface area is 137 Å². The first-order chi connectivity index (χ1) is 11.4. The molecule has 2 heterocycles. The van der Waals surface area contributed by atoms with Crippen molar-refractivity contribution in [2.75, 3.05) is 26.3 Å². The van der Waals surface area contributed by atoms with E-state index in [9.17, 15) is 18.0 Å². The molecule has 6 nitrogen and oxygen atoms in total. The Morgan fingerprint density at radius 2 is 2.33 bits per heavy atom. The predicted octanol–water partition coefficient (Wildman–Crippen LogP) is 2.34. The fraction of sp³-hybridized carbons (Fsp3) is 0.600. The van der Waals surface area contributed by atoms with Crippen LogP contribution in [0.3, 0.4) is 0 Å². The number of aromatic nitrogens is 1. The van der Waals surface area contributed by atoms with Gasteiger partial charge >= 0.3 is 12.2 Å². The van der Waals surface area contributed by atoms with E-state index >= 15 is 0 Å². The highest BCUT2D eigenvalue weighted by Crippen LogP contribution is 2.17. The number of ether oxygens (including phenoxy) is 2. The summed E-state index contributed by atoms with van der Waals surface area (Å²) in [7, 11) is 0. The average Bonchev–Trinajstić information content (AvgIpc) is 2.57. The highest BCUT2D eigenvalue weighted by atomic mass is 19.4. The van der Waals surface area contributed by atoms with Crippen molar-refractivity contribution in [3.05, 3.63) is 23.9 Å². The van der Waals surface area contributed by atoms with E-state index in [4.69, 9.17) is 4.74 Å². The van der Waals surface area contributed by atoms with Crippen molar-refractivity contribution in [1.82, 2.24) is 15.2 Å². The van der Waals surface area contributed by atoms with Crippen LogP contribution in [0.2, 0.25) is 0 Å². The third kappa shape index (κ3) is 5.88. The van der Waals surface area contributed by atoms with E-state index in [1.54, 1.807) is 11.0 Å². The minimum atomic E-state index is -4.42. The molecule has 0 bridgehead atoms. The molecular formula is C15H20F3N3O3. The van der Waals surface area contributed by atoms with Gasteiger partial charge < -0.3 is 19.7 Å². The van der Waals surface area contributed by atoms with Crippen molar-refractivity contribution >= 4 is 6.03 Å². The number of amides is 2. The zero-order chi connectivity index (χ0) is 17.6. The van der Waals surface area contributed by atoms with Crippen LogP contribution in [0.4, 0.5) is 18.0 Å². The Hall–Kier alpha value is -2.03. The van der Waals surface area contributed by atoms with E-state index in [-0.39, 0.29) is 24.6 Å². The van der Waals surface area contributed by atoms with E-state index in [1.807, 2.05) is 6.92 Å². The molecule has 1 fully saturated rings. The average molecular weight is 347 g/mol. The molecule has 1 aromatic heterocycles. The van der Waals surface area contributed by atoms with Crippen LogP contribution in [0.5, 0.6) is 5.88 Å². The lowest BCUT2D eigenvalue weighted by Gasteiger charge is -2.32. The number of alkyl halides is 3. The number of rotatable bonds is 5. The monoisotopic (exact) mass is 347 g/mol. The third-order valence-corrected chi connectivity index (χ3v) is 3.51. The normalized spacial score (nSPS) is 18.3. The summed E-state index contributed by atoms with van der Waals surface area (Å²) >= 11 is 0. The second-order valence-corrected chi connectivity index (χ2v) is 5.41. The van der Waals surface area contributed by atoms with Crippen molar-refractivity contribution in [2.45, 2.75) is 32.2 Å². The molecule has 1 N–H and O–H groups in total. The van der Waals surface area contributed by atoms with Crippen LogP contribution >= 0.6 is 0 Å². The topological polar surface area (TPSA) is 63.7 Å². The number of halogens is 3. The van der Waals surface area contributed by atoms with Crippen LogP contribution in [0.1, 0.15) is 18.9 Å². The molecule has 2 amide bonds. The Balaban J connectivity index is 1.84. The van der Waals surface area contributed by atoms with Crippen molar-refractivity contribution in [1.29, 1.82) is 0 Å². The van der Waals surface area contributed by atoms with Gasteiger partial charge in [0.25, 0.3) is 0 Å². The molecule has 0 radical (unpaired) electrons. The van der Waals surface area contributed by atoms with Gasteiger partial charge in [0.2, 0.25) is 5.88 Å². The van der Waals surface area contributed by atoms with Crippen LogP contribution in [0.25, 0.3) is 0 Å². The predicted molar refractivity (Wildman–Crippen MR) is 79.6 cm³/mol. The van der Waals surface area contributed by atoms with Crippen LogP contribution in [-0.4, -0.2) is 54.5 Å². The van der Waals surface area contributed by atoms with Crippen molar-refractivity contribution in [3.63, 3.8) is 0 Å². The van der Waals surface area contributed by atoms with E-state index in [0.29, 0.717) is 25.3 Å². The van der Waals surface area contributed by atoms with Gasteiger partial charge in [-0.15, -0.1) is 0 Å². The van der Waals surface area contributed by atoms with Gasteiger partial charge in [0.05, 0.1) is 12.7 Å². The van der Waals surface area contributed by atoms with Gasteiger partial charge in [-0.2, -0.15) is 13.2 Å². The number of nitrogens with zero attached hydrogens (tertiary/aromatic N) is 2. The molecule has 1 unspecified atom stereocenters. The fourth-order valence-corrected chi connectivity index (χ4v) is 2.24. The maximum atomic E-state index is 12.1. The second-order valence-electron chi connectivity index (χ2n) is 5.41. The maximum absolute atomic E-state index is 12.1. The number of hydrogen-bond acceptors (Lipinski definition) is 4. The lowest BCUT2D eigenvalue weighted by atomic mass is 10.2. The lowest BCUT2D eigenvalue weighted by molar-refractivity contribution is -0.154. The molecule has 2 rings (SSSR count). The van der Waals surface area contributed by atoms with E-state index in [2.05, 4.69) is 15.0 Å². The first kappa shape index (κ1) is 18.3. The maximum Gasteiger partial charge on any atom is 0.422 e. The Morgan fingerprint density at radius 3 is 3.04 bits per heavy atom. The number of urea groups is 1. The van der Waals surface area contributed by atoms with E-state index in [0.717, 1.165) is 6.42 Å². The summed E-state index contributed by atoms with van der Waals surface area (Å²) in [4.78, 5) is 17.5. The number of nitrogens with one attached hydrogen (secondary N) is 1. The van der Waals surface area contributed by atoms with Crippen LogP contribution in [0.15, 0.2) is 18.3 Å². The van der Waals surface area contributed by atoms with Gasteiger partial charge in [-0.25, -0.2) is 9.78 Å². The summed E-state index contributed by atoms with van der Waals surface area (Å²) in [6.45, 7) is 2.30. The molecule has 1 atom stereocenters. The summed E-state index contributed by atoms with van der Waals surface area (Å²) in [6, 6.07) is 2.75. The molecule has 1 aliphatic rings. The van der Waals surface area contributed by atoms with Crippen LogP contribution in [0, 0.1) is 0 Å². The SMILES string of the molecule is CCC1CN(C(=O)NCc2ccnc(OCC(F)(F)F)c2)CCO1. The number of morpholine rings is 1. The molecule has 0 aliphatic carbocycles. The van der Waals surface area contributed by atoms with Gasteiger partial charge in [0.1, 0.15) is 0 Å². The van der Waals surface area contributed by atoms with Gasteiger partial charge in [0, 0.05) is 31.9 Å².